The predicted octanol–water partition coefficient (Wildman–Crippen LogP) is 6.33. The summed E-state index contributed by atoms with van der Waals surface area (Å²) in [6.45, 7) is 11.3. The molecule has 3 rings (SSSR count). The molecule has 1 aliphatic rings. The van der Waals surface area contributed by atoms with Crippen molar-refractivity contribution in [3.8, 4) is 0 Å². The summed E-state index contributed by atoms with van der Waals surface area (Å²) in [6, 6.07) is 7.10. The quantitative estimate of drug-likeness (QED) is 0.469. The topological polar surface area (TPSA) is 64.3 Å². The normalized spacial score (nSPS) is 25.4. The SMILES string of the molecule is CC(C)(C)C[C@@H]1N[C@H](C(=O)OC(C)(C)C)[C@H](c2cccc(Cl)c2F)[C@@]1(N)c1ccc(Cl)cc1F. The molecule has 4 nitrogen and oxygen atoms in total. The molecule has 8 heteroatoms. The number of carbonyl (C=O) groups excluding carboxylic acids is 1. The average Bonchev–Trinajstić information content (AvgIpc) is 2.94. The monoisotopic (exact) mass is 512 g/mol. The smallest absolute Gasteiger partial charge is 0.324 e. The molecular formula is C26H32Cl2F2N2O2. The largest absolute Gasteiger partial charge is 0.459 e. The molecule has 0 aliphatic carbocycles. The molecule has 3 N–H and O–H groups in total. The Bertz CT molecular complexity index is 1080. The lowest BCUT2D eigenvalue weighted by molar-refractivity contribution is -0.157. The fourth-order valence-corrected chi connectivity index (χ4v) is 5.09. The van der Waals surface area contributed by atoms with Gasteiger partial charge < -0.3 is 10.5 Å². The van der Waals surface area contributed by atoms with Crippen LogP contribution in [0.2, 0.25) is 10.0 Å². The second-order valence-electron chi connectivity index (χ2n) is 11.2. The molecule has 0 radical (unpaired) electrons. The van der Waals surface area contributed by atoms with Gasteiger partial charge in [-0.2, -0.15) is 0 Å². The molecule has 0 amide bonds. The van der Waals surface area contributed by atoms with Gasteiger partial charge in [-0.1, -0.05) is 62.2 Å². The fourth-order valence-electron chi connectivity index (χ4n) is 4.75. The van der Waals surface area contributed by atoms with E-state index >= 15 is 8.78 Å². The fraction of sp³-hybridized carbons (Fsp3) is 0.500. The van der Waals surface area contributed by atoms with E-state index in [0.717, 1.165) is 0 Å². The van der Waals surface area contributed by atoms with E-state index in [9.17, 15) is 4.79 Å². The lowest BCUT2D eigenvalue weighted by Crippen LogP contribution is -2.52. The molecule has 2 aromatic rings. The van der Waals surface area contributed by atoms with E-state index in [1.807, 2.05) is 20.8 Å². The molecule has 4 atom stereocenters. The van der Waals surface area contributed by atoms with E-state index in [0.29, 0.717) is 6.42 Å². The van der Waals surface area contributed by atoms with E-state index in [1.54, 1.807) is 26.8 Å². The number of rotatable bonds is 4. The summed E-state index contributed by atoms with van der Waals surface area (Å²) in [4.78, 5) is 13.4. The zero-order chi connectivity index (χ0) is 25.6. The van der Waals surface area contributed by atoms with E-state index in [2.05, 4.69) is 5.32 Å². The number of carbonyl (C=O) groups is 1. The highest BCUT2D eigenvalue weighted by Crippen LogP contribution is 2.50. The molecule has 0 aromatic heterocycles. The second-order valence-corrected chi connectivity index (χ2v) is 12.0. The Morgan fingerprint density at radius 1 is 1.12 bits per heavy atom. The maximum absolute atomic E-state index is 15.4. The Labute approximate surface area is 210 Å². The van der Waals surface area contributed by atoms with Crippen molar-refractivity contribution >= 4 is 29.2 Å². The summed E-state index contributed by atoms with van der Waals surface area (Å²) in [6.07, 6.45) is 0.476. The van der Waals surface area contributed by atoms with Crippen LogP contribution >= 0.6 is 23.2 Å². The van der Waals surface area contributed by atoms with Gasteiger partial charge in [0.15, 0.2) is 0 Å². The van der Waals surface area contributed by atoms with Gasteiger partial charge in [-0.15, -0.1) is 0 Å². The van der Waals surface area contributed by atoms with Crippen molar-refractivity contribution < 1.29 is 18.3 Å². The molecule has 1 saturated heterocycles. The number of hydrogen-bond acceptors (Lipinski definition) is 4. The van der Waals surface area contributed by atoms with E-state index in [1.165, 1.54) is 30.3 Å². The molecule has 1 heterocycles. The lowest BCUT2D eigenvalue weighted by Gasteiger charge is -2.40. The van der Waals surface area contributed by atoms with Crippen molar-refractivity contribution in [2.45, 2.75) is 77.1 Å². The third kappa shape index (κ3) is 5.40. The molecule has 0 spiro atoms. The van der Waals surface area contributed by atoms with Gasteiger partial charge in [-0.3, -0.25) is 10.1 Å². The Hall–Kier alpha value is -1.73. The molecular weight excluding hydrogens is 481 g/mol. The van der Waals surface area contributed by atoms with E-state index in [-0.39, 0.29) is 26.6 Å². The number of ether oxygens (including phenoxy) is 1. The molecule has 0 saturated carbocycles. The highest BCUT2D eigenvalue weighted by Gasteiger charge is 2.59. The predicted molar refractivity (Wildman–Crippen MR) is 132 cm³/mol. The Kier molecular flexibility index (Phi) is 7.41. The summed E-state index contributed by atoms with van der Waals surface area (Å²) in [5, 5.41) is 3.38. The van der Waals surface area contributed by atoms with Gasteiger partial charge in [0, 0.05) is 22.5 Å². The maximum Gasteiger partial charge on any atom is 0.324 e. The number of esters is 1. The highest BCUT2D eigenvalue weighted by molar-refractivity contribution is 6.31. The van der Waals surface area contributed by atoms with Gasteiger partial charge >= 0.3 is 5.97 Å². The number of nitrogens with one attached hydrogen (secondary N) is 1. The number of hydrogen-bond donors (Lipinski definition) is 2. The first-order valence-electron chi connectivity index (χ1n) is 11.2. The van der Waals surface area contributed by atoms with Crippen LogP contribution < -0.4 is 11.1 Å². The summed E-state index contributed by atoms with van der Waals surface area (Å²) < 4.78 is 36.5. The molecule has 1 aliphatic heterocycles. The van der Waals surface area contributed by atoms with Crippen LogP contribution in [-0.4, -0.2) is 23.7 Å². The van der Waals surface area contributed by atoms with Crippen LogP contribution in [-0.2, 0) is 15.1 Å². The minimum Gasteiger partial charge on any atom is -0.459 e. The maximum atomic E-state index is 15.4. The Morgan fingerprint density at radius 2 is 1.76 bits per heavy atom. The van der Waals surface area contributed by atoms with E-state index in [4.69, 9.17) is 33.7 Å². The number of halogens is 4. The lowest BCUT2D eigenvalue weighted by atomic mass is 9.68. The zero-order valence-corrected chi connectivity index (χ0v) is 21.8. The van der Waals surface area contributed by atoms with Gasteiger partial charge in [-0.25, -0.2) is 8.78 Å². The first kappa shape index (κ1) is 26.9. The second kappa shape index (κ2) is 9.38. The van der Waals surface area contributed by atoms with Crippen molar-refractivity contribution in [3.63, 3.8) is 0 Å². The van der Waals surface area contributed by atoms with Crippen molar-refractivity contribution in [2.75, 3.05) is 0 Å². The highest BCUT2D eigenvalue weighted by atomic mass is 35.5. The average molecular weight is 513 g/mol. The molecule has 0 bridgehead atoms. The summed E-state index contributed by atoms with van der Waals surface area (Å²) in [7, 11) is 0. The van der Waals surface area contributed by atoms with Gasteiger partial charge in [-0.05, 0) is 56.4 Å². The molecule has 2 aromatic carbocycles. The first-order chi connectivity index (χ1) is 15.5. The van der Waals surface area contributed by atoms with Crippen LogP contribution in [0, 0.1) is 17.0 Å². The van der Waals surface area contributed by atoms with Gasteiger partial charge in [0.05, 0.1) is 10.6 Å². The van der Waals surface area contributed by atoms with Gasteiger partial charge in [0.2, 0.25) is 0 Å². The molecule has 0 unspecified atom stereocenters. The van der Waals surface area contributed by atoms with Crippen LogP contribution in [0.4, 0.5) is 8.78 Å². The zero-order valence-electron chi connectivity index (χ0n) is 20.3. The number of benzene rings is 2. The minimum atomic E-state index is -1.52. The third-order valence-electron chi connectivity index (χ3n) is 6.00. The summed E-state index contributed by atoms with van der Waals surface area (Å²) >= 11 is 12.1. The van der Waals surface area contributed by atoms with Crippen LogP contribution in [0.15, 0.2) is 36.4 Å². The van der Waals surface area contributed by atoms with Crippen molar-refractivity contribution in [2.24, 2.45) is 11.1 Å². The van der Waals surface area contributed by atoms with Gasteiger partial charge in [0.25, 0.3) is 0 Å². The summed E-state index contributed by atoms with van der Waals surface area (Å²) in [5.41, 5.74) is 4.80. The first-order valence-corrected chi connectivity index (χ1v) is 12.0. The molecule has 34 heavy (non-hydrogen) atoms. The van der Waals surface area contributed by atoms with Crippen LogP contribution in [0.1, 0.15) is 65.0 Å². The van der Waals surface area contributed by atoms with Crippen LogP contribution in [0.5, 0.6) is 0 Å². The molecule has 1 fully saturated rings. The van der Waals surface area contributed by atoms with Crippen molar-refractivity contribution in [3.05, 3.63) is 69.2 Å². The van der Waals surface area contributed by atoms with E-state index < -0.39 is 46.7 Å². The Morgan fingerprint density at radius 3 is 2.32 bits per heavy atom. The van der Waals surface area contributed by atoms with Crippen molar-refractivity contribution in [1.29, 1.82) is 0 Å². The minimum absolute atomic E-state index is 0.112. The third-order valence-corrected chi connectivity index (χ3v) is 6.52. The molecule has 186 valence electrons. The van der Waals surface area contributed by atoms with Gasteiger partial charge in [0.1, 0.15) is 23.3 Å². The Balaban J connectivity index is 2.30. The van der Waals surface area contributed by atoms with Crippen LogP contribution in [0.3, 0.4) is 0 Å². The number of nitrogens with two attached hydrogens (primary N) is 1. The summed E-state index contributed by atoms with van der Waals surface area (Å²) in [5.74, 6) is -2.94. The van der Waals surface area contributed by atoms with Crippen molar-refractivity contribution in [1.82, 2.24) is 5.32 Å². The van der Waals surface area contributed by atoms with Crippen LogP contribution in [0.25, 0.3) is 0 Å². The standard InChI is InChI=1S/C26H32Cl2F2N2O2/c1-24(2,3)13-19-26(31,16-11-10-14(27)12-18(16)29)20(15-8-7-9-17(28)21(15)30)22(32-19)23(33)34-25(4,5)6/h7-12,19-20,22,32H,13,31H2,1-6H3/t19-,20-,22-,26+/m0/s1.